The molecule has 1 aliphatic heterocycles. The highest BCUT2D eigenvalue weighted by atomic mass is 19.4. The van der Waals surface area contributed by atoms with Crippen LogP contribution >= 0.6 is 0 Å². The number of halogens is 3. The van der Waals surface area contributed by atoms with Gasteiger partial charge in [-0.3, -0.25) is 4.68 Å². The highest BCUT2D eigenvalue weighted by molar-refractivity contribution is 5.30. The Hall–Kier alpha value is -1.04. The number of hydrogen-bond acceptors (Lipinski definition) is 2. The zero-order chi connectivity index (χ0) is 10.3. The maximum atomic E-state index is 12.6. The van der Waals surface area contributed by atoms with Gasteiger partial charge in [0.15, 0.2) is 0 Å². The standard InChI is InChI=1S/C8H10F3N3/c1-14-7(8(9,10)11)5-4-12-3-2-6(5)13-14/h12H,2-4H2,1H3. The van der Waals surface area contributed by atoms with Gasteiger partial charge in [0.2, 0.25) is 0 Å². The fourth-order valence-corrected chi connectivity index (χ4v) is 1.78. The molecule has 14 heavy (non-hydrogen) atoms. The van der Waals surface area contributed by atoms with E-state index < -0.39 is 11.9 Å². The lowest BCUT2D eigenvalue weighted by molar-refractivity contribution is -0.144. The van der Waals surface area contributed by atoms with E-state index in [-0.39, 0.29) is 6.54 Å². The fraction of sp³-hybridized carbons (Fsp3) is 0.625. The third kappa shape index (κ3) is 1.39. The highest BCUT2D eigenvalue weighted by Gasteiger charge is 2.39. The maximum absolute atomic E-state index is 12.6. The molecule has 0 amide bonds. The number of rotatable bonds is 0. The largest absolute Gasteiger partial charge is 0.433 e. The van der Waals surface area contributed by atoms with Crippen LogP contribution in [0.2, 0.25) is 0 Å². The summed E-state index contributed by atoms with van der Waals surface area (Å²) in [5.41, 5.74) is 0.240. The van der Waals surface area contributed by atoms with Gasteiger partial charge in [0.05, 0.1) is 5.69 Å². The molecule has 0 saturated carbocycles. The number of alkyl halides is 3. The number of aryl methyl sites for hydroxylation is 1. The topological polar surface area (TPSA) is 29.9 Å². The smallest absolute Gasteiger partial charge is 0.312 e. The Morgan fingerprint density at radius 3 is 2.79 bits per heavy atom. The fourth-order valence-electron chi connectivity index (χ4n) is 1.78. The summed E-state index contributed by atoms with van der Waals surface area (Å²) in [5.74, 6) is 0. The molecule has 0 bridgehead atoms. The molecule has 78 valence electrons. The minimum absolute atomic E-state index is 0.262. The van der Waals surface area contributed by atoms with E-state index >= 15 is 0 Å². The van der Waals surface area contributed by atoms with E-state index in [4.69, 9.17) is 0 Å². The van der Waals surface area contributed by atoms with Crippen molar-refractivity contribution in [1.82, 2.24) is 15.1 Å². The molecule has 0 aliphatic carbocycles. The van der Waals surface area contributed by atoms with E-state index in [0.29, 0.717) is 24.2 Å². The second kappa shape index (κ2) is 2.98. The van der Waals surface area contributed by atoms with Crippen LogP contribution in [0, 0.1) is 0 Å². The van der Waals surface area contributed by atoms with E-state index in [2.05, 4.69) is 10.4 Å². The maximum Gasteiger partial charge on any atom is 0.433 e. The minimum atomic E-state index is -4.31. The van der Waals surface area contributed by atoms with Crippen LogP contribution in [0.15, 0.2) is 0 Å². The monoisotopic (exact) mass is 205 g/mol. The number of aromatic nitrogens is 2. The summed E-state index contributed by atoms with van der Waals surface area (Å²) in [4.78, 5) is 0. The van der Waals surface area contributed by atoms with Crippen LogP contribution in [-0.2, 0) is 26.2 Å². The van der Waals surface area contributed by atoms with Gasteiger partial charge in [-0.1, -0.05) is 0 Å². The summed E-state index contributed by atoms with van der Waals surface area (Å²) in [5, 5.41) is 6.79. The zero-order valence-corrected chi connectivity index (χ0v) is 7.65. The third-order valence-electron chi connectivity index (χ3n) is 2.34. The molecular formula is C8H10F3N3. The summed E-state index contributed by atoms with van der Waals surface area (Å²) < 4.78 is 38.7. The van der Waals surface area contributed by atoms with E-state index in [9.17, 15) is 13.2 Å². The van der Waals surface area contributed by atoms with Crippen molar-refractivity contribution in [1.29, 1.82) is 0 Å². The van der Waals surface area contributed by atoms with Gasteiger partial charge >= 0.3 is 6.18 Å². The Labute approximate surface area is 78.9 Å². The van der Waals surface area contributed by atoms with Gasteiger partial charge in [0.25, 0.3) is 0 Å². The lowest BCUT2D eigenvalue weighted by Crippen LogP contribution is -2.25. The Kier molecular flexibility index (Phi) is 2.02. The van der Waals surface area contributed by atoms with Crippen molar-refractivity contribution in [3.05, 3.63) is 17.0 Å². The first-order valence-electron chi connectivity index (χ1n) is 4.33. The molecule has 0 atom stereocenters. The molecule has 0 aromatic carbocycles. The van der Waals surface area contributed by atoms with Crippen molar-refractivity contribution < 1.29 is 13.2 Å². The number of fused-ring (bicyclic) bond motifs is 1. The lowest BCUT2D eigenvalue weighted by atomic mass is 10.1. The molecule has 0 spiro atoms. The predicted molar refractivity (Wildman–Crippen MR) is 43.6 cm³/mol. The summed E-state index contributed by atoms with van der Waals surface area (Å²) in [7, 11) is 1.33. The minimum Gasteiger partial charge on any atom is -0.312 e. The highest BCUT2D eigenvalue weighted by Crippen LogP contribution is 2.33. The number of hydrogen-bond donors (Lipinski definition) is 1. The van der Waals surface area contributed by atoms with Gasteiger partial charge in [-0.05, 0) is 0 Å². The molecule has 0 radical (unpaired) electrons. The summed E-state index contributed by atoms with van der Waals surface area (Å²) in [6, 6.07) is 0. The van der Waals surface area contributed by atoms with Crippen LogP contribution in [-0.4, -0.2) is 16.3 Å². The van der Waals surface area contributed by atoms with E-state index in [1.165, 1.54) is 7.05 Å². The van der Waals surface area contributed by atoms with E-state index in [0.717, 1.165) is 4.68 Å². The Morgan fingerprint density at radius 2 is 2.14 bits per heavy atom. The van der Waals surface area contributed by atoms with Gasteiger partial charge in [-0.15, -0.1) is 0 Å². The lowest BCUT2D eigenvalue weighted by Gasteiger charge is -2.14. The molecule has 1 aromatic rings. The van der Waals surface area contributed by atoms with Crippen LogP contribution in [0.5, 0.6) is 0 Å². The molecule has 0 saturated heterocycles. The molecule has 0 fully saturated rings. The Bertz CT molecular complexity index is 353. The predicted octanol–water partition coefficient (Wildman–Crippen LogP) is 1.08. The van der Waals surface area contributed by atoms with E-state index in [1.54, 1.807) is 0 Å². The third-order valence-corrected chi connectivity index (χ3v) is 2.34. The number of nitrogens with zero attached hydrogens (tertiary/aromatic N) is 2. The molecule has 1 aromatic heterocycles. The van der Waals surface area contributed by atoms with Crippen molar-refractivity contribution in [2.75, 3.05) is 6.54 Å². The molecule has 2 heterocycles. The normalized spacial score (nSPS) is 16.9. The van der Waals surface area contributed by atoms with Crippen LogP contribution < -0.4 is 5.32 Å². The van der Waals surface area contributed by atoms with Gasteiger partial charge in [-0.25, -0.2) is 0 Å². The molecular weight excluding hydrogens is 195 g/mol. The molecule has 1 aliphatic rings. The average Bonchev–Trinajstić information content (AvgIpc) is 2.38. The van der Waals surface area contributed by atoms with Gasteiger partial charge in [-0.2, -0.15) is 18.3 Å². The number of nitrogens with one attached hydrogen (secondary N) is 1. The molecule has 6 heteroatoms. The zero-order valence-electron chi connectivity index (χ0n) is 7.65. The van der Waals surface area contributed by atoms with Crippen LogP contribution in [0.25, 0.3) is 0 Å². The van der Waals surface area contributed by atoms with Crippen LogP contribution in [0.4, 0.5) is 13.2 Å². The molecule has 3 nitrogen and oxygen atoms in total. The van der Waals surface area contributed by atoms with Crippen molar-refractivity contribution in [3.8, 4) is 0 Å². The van der Waals surface area contributed by atoms with Crippen molar-refractivity contribution >= 4 is 0 Å². The second-order valence-electron chi connectivity index (χ2n) is 3.32. The molecule has 2 rings (SSSR count). The van der Waals surface area contributed by atoms with E-state index in [1.807, 2.05) is 0 Å². The van der Waals surface area contributed by atoms with Gasteiger partial charge < -0.3 is 5.32 Å². The quantitative estimate of drug-likeness (QED) is 0.687. The van der Waals surface area contributed by atoms with Crippen LogP contribution in [0.1, 0.15) is 17.0 Å². The Morgan fingerprint density at radius 1 is 1.43 bits per heavy atom. The summed E-state index contributed by atoms with van der Waals surface area (Å²) in [6.07, 6.45) is -3.74. The summed E-state index contributed by atoms with van der Waals surface area (Å²) in [6.45, 7) is 0.958. The SMILES string of the molecule is Cn1nc2c(c1C(F)(F)F)CNCC2. The van der Waals surface area contributed by atoms with Crippen molar-refractivity contribution in [2.45, 2.75) is 19.1 Å². The molecule has 0 unspecified atom stereocenters. The van der Waals surface area contributed by atoms with Crippen molar-refractivity contribution in [2.24, 2.45) is 7.05 Å². The van der Waals surface area contributed by atoms with Crippen molar-refractivity contribution in [3.63, 3.8) is 0 Å². The first-order valence-corrected chi connectivity index (χ1v) is 4.33. The average molecular weight is 205 g/mol. The second-order valence-corrected chi connectivity index (χ2v) is 3.32. The summed E-state index contributed by atoms with van der Waals surface area (Å²) >= 11 is 0. The first kappa shape index (κ1) is 9.51. The van der Waals surface area contributed by atoms with Gasteiger partial charge in [0, 0.05) is 32.1 Å². The van der Waals surface area contributed by atoms with Gasteiger partial charge in [0.1, 0.15) is 5.69 Å². The Balaban J connectivity index is 2.53. The molecule has 1 N–H and O–H groups in total. The van der Waals surface area contributed by atoms with Crippen LogP contribution in [0.3, 0.4) is 0 Å². The first-order chi connectivity index (χ1) is 6.50.